The van der Waals surface area contributed by atoms with Gasteiger partial charge in [0.25, 0.3) is 0 Å². The number of ether oxygens (including phenoxy) is 1. The van der Waals surface area contributed by atoms with E-state index in [1.54, 1.807) is 7.11 Å². The molecule has 0 saturated heterocycles. The molecule has 1 unspecified atom stereocenters. The summed E-state index contributed by atoms with van der Waals surface area (Å²) in [6.07, 6.45) is 4.41. The molecule has 3 heterocycles. The van der Waals surface area contributed by atoms with Gasteiger partial charge in [-0.3, -0.25) is 19.8 Å². The fourth-order valence-corrected chi connectivity index (χ4v) is 3.02. The van der Waals surface area contributed by atoms with E-state index in [-0.39, 0.29) is 11.7 Å². The quantitative estimate of drug-likeness (QED) is 0.280. The molecule has 0 aliphatic carbocycles. The van der Waals surface area contributed by atoms with Crippen LogP contribution in [0.3, 0.4) is 0 Å². The number of rotatable bonds is 8. The number of methoxy groups -OCH3 is 1. The number of nitrogens with zero attached hydrogens (tertiary/aromatic N) is 7. The Balaban J connectivity index is 1.56. The summed E-state index contributed by atoms with van der Waals surface area (Å²) in [6, 6.07) is 0.188. The molecular weight excluding hydrogens is 366 g/mol. The summed E-state index contributed by atoms with van der Waals surface area (Å²) in [5.41, 5.74) is -0.0207. The molecule has 2 aromatic heterocycles. The van der Waals surface area contributed by atoms with Crippen molar-refractivity contribution in [2.45, 2.75) is 45.5 Å². The van der Waals surface area contributed by atoms with Gasteiger partial charge >= 0.3 is 5.69 Å². The van der Waals surface area contributed by atoms with Gasteiger partial charge in [0.15, 0.2) is 11.8 Å². The van der Waals surface area contributed by atoms with Gasteiger partial charge in [0.05, 0.1) is 24.6 Å². The van der Waals surface area contributed by atoms with E-state index in [0.717, 1.165) is 25.2 Å². The highest BCUT2D eigenvalue weighted by Crippen LogP contribution is 2.13. The van der Waals surface area contributed by atoms with Gasteiger partial charge in [0, 0.05) is 26.1 Å². The van der Waals surface area contributed by atoms with Crippen LogP contribution in [0.15, 0.2) is 17.4 Å². The number of aromatic nitrogens is 5. The Hall–Kier alpha value is -3.02. The standard InChI is InChI=1S/C16H25N9O3/c1-3-17-16(18-6-7-23-10-13(8-19-23)25(26)27)20-12-4-5-15-21-14(11-28-2)22-24(15)9-12/h8,10,12H,3-7,9,11H2,1-2H3,(H2,17,18,20). The maximum atomic E-state index is 10.7. The Labute approximate surface area is 162 Å². The monoisotopic (exact) mass is 391 g/mol. The molecule has 2 aromatic rings. The van der Waals surface area contributed by atoms with Crippen molar-refractivity contribution in [1.82, 2.24) is 35.2 Å². The van der Waals surface area contributed by atoms with Crippen LogP contribution in [0.1, 0.15) is 25.0 Å². The number of guanidine groups is 1. The lowest BCUT2D eigenvalue weighted by Gasteiger charge is -2.25. The molecule has 12 heteroatoms. The Morgan fingerprint density at radius 1 is 1.54 bits per heavy atom. The third-order valence-corrected chi connectivity index (χ3v) is 4.29. The van der Waals surface area contributed by atoms with E-state index in [2.05, 4.69) is 30.8 Å². The second kappa shape index (κ2) is 9.26. The van der Waals surface area contributed by atoms with Gasteiger partial charge in [-0.05, 0) is 13.3 Å². The number of nitrogens with one attached hydrogen (secondary N) is 2. The maximum absolute atomic E-state index is 10.7. The first-order valence-electron chi connectivity index (χ1n) is 9.22. The fourth-order valence-electron chi connectivity index (χ4n) is 3.02. The van der Waals surface area contributed by atoms with Crippen LogP contribution in [-0.2, 0) is 30.9 Å². The predicted octanol–water partition coefficient (Wildman–Crippen LogP) is 0.0993. The molecule has 28 heavy (non-hydrogen) atoms. The third-order valence-electron chi connectivity index (χ3n) is 4.29. The largest absolute Gasteiger partial charge is 0.377 e. The zero-order valence-electron chi connectivity index (χ0n) is 16.0. The van der Waals surface area contributed by atoms with Crippen molar-refractivity contribution in [3.63, 3.8) is 0 Å². The van der Waals surface area contributed by atoms with Crippen LogP contribution in [0.25, 0.3) is 0 Å². The minimum Gasteiger partial charge on any atom is -0.377 e. The van der Waals surface area contributed by atoms with Gasteiger partial charge in [-0.2, -0.15) is 10.2 Å². The SMILES string of the molecule is CCNC(=NCCn1cc([N+](=O)[O-])cn1)NC1CCc2nc(COC)nn2C1. The van der Waals surface area contributed by atoms with Crippen LogP contribution in [0.5, 0.6) is 0 Å². The normalized spacial score (nSPS) is 16.6. The van der Waals surface area contributed by atoms with Crippen LogP contribution < -0.4 is 10.6 Å². The number of nitro groups is 1. The van der Waals surface area contributed by atoms with Crippen LogP contribution in [0.4, 0.5) is 5.69 Å². The molecule has 0 spiro atoms. The van der Waals surface area contributed by atoms with Crippen molar-refractivity contribution in [3.8, 4) is 0 Å². The first-order valence-corrected chi connectivity index (χ1v) is 9.22. The first kappa shape index (κ1) is 19.7. The smallest absolute Gasteiger partial charge is 0.306 e. The number of hydrogen-bond donors (Lipinski definition) is 2. The molecule has 0 amide bonds. The fraction of sp³-hybridized carbons (Fsp3) is 0.625. The van der Waals surface area contributed by atoms with E-state index < -0.39 is 4.92 Å². The topological polar surface area (TPSA) is 137 Å². The molecule has 0 aromatic carbocycles. The van der Waals surface area contributed by atoms with E-state index >= 15 is 0 Å². The second-order valence-electron chi connectivity index (χ2n) is 6.42. The molecule has 1 aliphatic rings. The molecule has 3 rings (SSSR count). The Morgan fingerprint density at radius 3 is 3.11 bits per heavy atom. The summed E-state index contributed by atoms with van der Waals surface area (Å²) in [6.45, 7) is 4.77. The Bertz CT molecular complexity index is 829. The first-order chi connectivity index (χ1) is 13.6. The van der Waals surface area contributed by atoms with E-state index in [9.17, 15) is 10.1 Å². The summed E-state index contributed by atoms with van der Waals surface area (Å²) in [4.78, 5) is 19.3. The van der Waals surface area contributed by atoms with Gasteiger partial charge in [-0.25, -0.2) is 9.67 Å². The molecule has 12 nitrogen and oxygen atoms in total. The molecule has 1 aliphatic heterocycles. The molecule has 0 radical (unpaired) electrons. The lowest BCUT2D eigenvalue weighted by atomic mass is 10.1. The minimum atomic E-state index is -0.460. The van der Waals surface area contributed by atoms with E-state index in [1.165, 1.54) is 17.1 Å². The van der Waals surface area contributed by atoms with Gasteiger partial charge in [-0.1, -0.05) is 0 Å². The molecule has 0 fully saturated rings. The number of fused-ring (bicyclic) bond motifs is 1. The van der Waals surface area contributed by atoms with Crippen molar-refractivity contribution in [2.24, 2.45) is 4.99 Å². The highest BCUT2D eigenvalue weighted by atomic mass is 16.6. The van der Waals surface area contributed by atoms with E-state index in [0.29, 0.717) is 38.0 Å². The average molecular weight is 391 g/mol. The molecule has 2 N–H and O–H groups in total. The highest BCUT2D eigenvalue weighted by Gasteiger charge is 2.22. The van der Waals surface area contributed by atoms with Crippen LogP contribution >= 0.6 is 0 Å². The number of hydrogen-bond acceptors (Lipinski definition) is 7. The highest BCUT2D eigenvalue weighted by molar-refractivity contribution is 5.80. The number of aliphatic imine (C=N–C) groups is 1. The van der Waals surface area contributed by atoms with Crippen LogP contribution in [-0.4, -0.2) is 61.7 Å². The summed E-state index contributed by atoms with van der Waals surface area (Å²) in [5.74, 6) is 2.38. The van der Waals surface area contributed by atoms with Crippen LogP contribution in [0, 0.1) is 10.1 Å². The predicted molar refractivity (Wildman–Crippen MR) is 101 cm³/mol. The minimum absolute atomic E-state index is 0.0207. The third kappa shape index (κ3) is 5.03. The molecule has 1 atom stereocenters. The molecular formula is C16H25N9O3. The summed E-state index contributed by atoms with van der Waals surface area (Å²) in [5, 5.41) is 25.8. The van der Waals surface area contributed by atoms with E-state index in [1.807, 2.05) is 11.6 Å². The van der Waals surface area contributed by atoms with E-state index in [4.69, 9.17) is 4.74 Å². The van der Waals surface area contributed by atoms with Crippen molar-refractivity contribution < 1.29 is 9.66 Å². The summed E-state index contributed by atoms with van der Waals surface area (Å²) in [7, 11) is 1.63. The van der Waals surface area contributed by atoms with Gasteiger partial charge < -0.3 is 15.4 Å². The maximum Gasteiger partial charge on any atom is 0.306 e. The summed E-state index contributed by atoms with van der Waals surface area (Å²) >= 11 is 0. The average Bonchev–Trinajstić information content (AvgIpc) is 3.28. The Morgan fingerprint density at radius 2 is 2.39 bits per heavy atom. The number of aryl methyl sites for hydroxylation is 1. The van der Waals surface area contributed by atoms with Crippen molar-refractivity contribution in [3.05, 3.63) is 34.2 Å². The Kier molecular flexibility index (Phi) is 6.53. The zero-order chi connectivity index (χ0) is 19.9. The van der Waals surface area contributed by atoms with Gasteiger partial charge in [-0.15, -0.1) is 0 Å². The summed E-state index contributed by atoms with van der Waals surface area (Å²) < 4.78 is 8.53. The van der Waals surface area contributed by atoms with Gasteiger partial charge in [0.1, 0.15) is 24.8 Å². The van der Waals surface area contributed by atoms with Crippen molar-refractivity contribution >= 4 is 11.6 Å². The van der Waals surface area contributed by atoms with Crippen LogP contribution in [0.2, 0.25) is 0 Å². The molecule has 0 saturated carbocycles. The van der Waals surface area contributed by atoms with Crippen molar-refractivity contribution in [2.75, 3.05) is 20.2 Å². The molecule has 152 valence electrons. The molecule has 0 bridgehead atoms. The van der Waals surface area contributed by atoms with Crippen molar-refractivity contribution in [1.29, 1.82) is 0 Å². The van der Waals surface area contributed by atoms with Gasteiger partial charge in [0.2, 0.25) is 0 Å². The zero-order valence-corrected chi connectivity index (χ0v) is 16.0. The second-order valence-corrected chi connectivity index (χ2v) is 6.42. The lowest BCUT2D eigenvalue weighted by Crippen LogP contribution is -2.47. The lowest BCUT2D eigenvalue weighted by molar-refractivity contribution is -0.385.